The van der Waals surface area contributed by atoms with Crippen LogP contribution in [0.2, 0.25) is 0 Å². The maximum Gasteiger partial charge on any atom is 0.221 e. The van der Waals surface area contributed by atoms with E-state index in [1.165, 1.54) is 19.3 Å². The zero-order valence-electron chi connectivity index (χ0n) is 12.8. The molecule has 0 aromatic heterocycles. The van der Waals surface area contributed by atoms with Crippen LogP contribution in [0.25, 0.3) is 0 Å². The van der Waals surface area contributed by atoms with Crippen LogP contribution in [0.5, 0.6) is 0 Å². The van der Waals surface area contributed by atoms with E-state index in [0.717, 1.165) is 45.1 Å². The molecule has 0 aliphatic heterocycles. The number of rotatable bonds is 5. The van der Waals surface area contributed by atoms with Gasteiger partial charge in [0.25, 0.3) is 0 Å². The molecule has 0 aromatic carbocycles. The largest absolute Gasteiger partial charge is 0.393 e. The highest BCUT2D eigenvalue weighted by molar-refractivity contribution is 5.77. The number of carbonyl (C=O) groups excluding carboxylic acids is 1. The lowest BCUT2D eigenvalue weighted by Gasteiger charge is -2.37. The van der Waals surface area contributed by atoms with Crippen molar-refractivity contribution in [3.05, 3.63) is 0 Å². The minimum Gasteiger partial charge on any atom is -0.393 e. The van der Waals surface area contributed by atoms with Gasteiger partial charge >= 0.3 is 0 Å². The van der Waals surface area contributed by atoms with Crippen LogP contribution >= 0.6 is 0 Å². The van der Waals surface area contributed by atoms with Crippen molar-refractivity contribution >= 4 is 5.91 Å². The van der Waals surface area contributed by atoms with Crippen molar-refractivity contribution in [3.63, 3.8) is 0 Å². The van der Waals surface area contributed by atoms with E-state index in [2.05, 4.69) is 10.6 Å². The fourth-order valence-electron chi connectivity index (χ4n) is 3.82. The Hall–Kier alpha value is -0.610. The van der Waals surface area contributed by atoms with Crippen molar-refractivity contribution in [1.82, 2.24) is 10.6 Å². The fraction of sp³-hybridized carbons (Fsp3) is 0.938. The lowest BCUT2D eigenvalue weighted by atomic mass is 9.79. The van der Waals surface area contributed by atoms with Gasteiger partial charge < -0.3 is 15.7 Å². The number of hydrogen-bond acceptors (Lipinski definition) is 3. The summed E-state index contributed by atoms with van der Waals surface area (Å²) in [6.07, 6.45) is 10.4. The van der Waals surface area contributed by atoms with Gasteiger partial charge in [0.05, 0.1) is 6.10 Å². The molecule has 0 aromatic rings. The summed E-state index contributed by atoms with van der Waals surface area (Å²) in [6.45, 7) is 0.732. The van der Waals surface area contributed by atoms with Gasteiger partial charge in [0, 0.05) is 18.5 Å². The first-order valence-corrected chi connectivity index (χ1v) is 8.27. The van der Waals surface area contributed by atoms with Gasteiger partial charge in [0.15, 0.2) is 0 Å². The first-order valence-electron chi connectivity index (χ1n) is 8.27. The number of carbonyl (C=O) groups is 1. The van der Waals surface area contributed by atoms with Crippen LogP contribution in [-0.2, 0) is 4.79 Å². The van der Waals surface area contributed by atoms with E-state index < -0.39 is 0 Å². The van der Waals surface area contributed by atoms with Gasteiger partial charge in [-0.25, -0.2) is 0 Å². The smallest absolute Gasteiger partial charge is 0.221 e. The molecule has 2 rings (SSSR count). The standard InChI is InChI=1S/C16H30N2O2/c1-17-16(8-3-2-4-9-16)11-15(20)18-12-13-6-5-7-14(19)10-13/h13-14,17,19H,2-12H2,1H3,(H,18,20). The Morgan fingerprint density at radius 3 is 2.60 bits per heavy atom. The maximum atomic E-state index is 12.2. The van der Waals surface area contributed by atoms with Crippen LogP contribution in [0.4, 0.5) is 0 Å². The average Bonchev–Trinajstić information content (AvgIpc) is 2.46. The highest BCUT2D eigenvalue weighted by Gasteiger charge is 2.32. The van der Waals surface area contributed by atoms with Gasteiger partial charge in [-0.1, -0.05) is 25.7 Å². The summed E-state index contributed by atoms with van der Waals surface area (Å²) in [5.41, 5.74) is 0.0222. The predicted octanol–water partition coefficient (Wildman–Crippen LogP) is 1.97. The fourth-order valence-corrected chi connectivity index (χ4v) is 3.82. The molecule has 2 aliphatic rings. The summed E-state index contributed by atoms with van der Waals surface area (Å²) >= 11 is 0. The van der Waals surface area contributed by atoms with Crippen LogP contribution in [0.3, 0.4) is 0 Å². The van der Waals surface area contributed by atoms with Gasteiger partial charge in [0.1, 0.15) is 0 Å². The number of nitrogens with one attached hydrogen (secondary N) is 2. The molecule has 2 atom stereocenters. The van der Waals surface area contributed by atoms with E-state index in [-0.39, 0.29) is 17.6 Å². The monoisotopic (exact) mass is 282 g/mol. The van der Waals surface area contributed by atoms with E-state index in [1.54, 1.807) is 0 Å². The van der Waals surface area contributed by atoms with Crippen LogP contribution in [0.1, 0.15) is 64.2 Å². The Bertz CT molecular complexity index is 314. The zero-order chi connectivity index (χ0) is 14.4. The minimum absolute atomic E-state index is 0.0222. The minimum atomic E-state index is -0.160. The molecule has 2 aliphatic carbocycles. The lowest BCUT2D eigenvalue weighted by molar-refractivity contribution is -0.123. The van der Waals surface area contributed by atoms with Gasteiger partial charge in [-0.15, -0.1) is 0 Å². The summed E-state index contributed by atoms with van der Waals surface area (Å²) in [4.78, 5) is 12.2. The summed E-state index contributed by atoms with van der Waals surface area (Å²) in [7, 11) is 1.98. The van der Waals surface area contributed by atoms with Crippen molar-refractivity contribution in [2.24, 2.45) is 5.92 Å². The SMILES string of the molecule is CNC1(CC(=O)NCC2CCCC(O)C2)CCCCC1. The van der Waals surface area contributed by atoms with E-state index in [4.69, 9.17) is 0 Å². The quantitative estimate of drug-likeness (QED) is 0.722. The third kappa shape index (κ3) is 4.45. The maximum absolute atomic E-state index is 12.2. The highest BCUT2D eigenvalue weighted by atomic mass is 16.3. The summed E-state index contributed by atoms with van der Waals surface area (Å²) in [5, 5.41) is 16.1. The van der Waals surface area contributed by atoms with Crippen LogP contribution < -0.4 is 10.6 Å². The molecular formula is C16H30N2O2. The van der Waals surface area contributed by atoms with Gasteiger partial charge in [0.2, 0.25) is 5.91 Å². The normalized spacial score (nSPS) is 29.9. The Morgan fingerprint density at radius 2 is 1.95 bits per heavy atom. The van der Waals surface area contributed by atoms with Crippen LogP contribution in [0.15, 0.2) is 0 Å². The number of aliphatic hydroxyl groups excluding tert-OH is 1. The highest BCUT2D eigenvalue weighted by Crippen LogP contribution is 2.30. The molecule has 0 bridgehead atoms. The molecule has 2 fully saturated rings. The molecule has 0 heterocycles. The molecule has 0 spiro atoms. The lowest BCUT2D eigenvalue weighted by Crippen LogP contribution is -2.48. The molecule has 2 unspecified atom stereocenters. The van der Waals surface area contributed by atoms with E-state index >= 15 is 0 Å². The number of hydrogen-bond donors (Lipinski definition) is 3. The number of amides is 1. The molecule has 0 saturated heterocycles. The summed E-state index contributed by atoms with van der Waals surface area (Å²) in [5.74, 6) is 0.626. The van der Waals surface area contributed by atoms with E-state index in [0.29, 0.717) is 12.3 Å². The Kier molecular flexibility index (Phi) is 5.85. The van der Waals surface area contributed by atoms with Gasteiger partial charge in [-0.2, -0.15) is 0 Å². The third-order valence-electron chi connectivity index (χ3n) is 5.18. The van der Waals surface area contributed by atoms with E-state index in [1.807, 2.05) is 7.05 Å². The van der Waals surface area contributed by atoms with Crippen molar-refractivity contribution in [1.29, 1.82) is 0 Å². The Morgan fingerprint density at radius 1 is 1.20 bits per heavy atom. The molecule has 116 valence electrons. The van der Waals surface area contributed by atoms with Gasteiger partial charge in [-0.05, 0) is 45.1 Å². The predicted molar refractivity (Wildman–Crippen MR) is 80.5 cm³/mol. The average molecular weight is 282 g/mol. The van der Waals surface area contributed by atoms with Crippen molar-refractivity contribution < 1.29 is 9.90 Å². The molecule has 2 saturated carbocycles. The Balaban J connectivity index is 1.74. The first-order chi connectivity index (χ1) is 9.63. The van der Waals surface area contributed by atoms with Crippen LogP contribution in [-0.4, -0.2) is 36.2 Å². The zero-order valence-corrected chi connectivity index (χ0v) is 12.8. The topological polar surface area (TPSA) is 61.4 Å². The molecular weight excluding hydrogens is 252 g/mol. The second kappa shape index (κ2) is 7.41. The van der Waals surface area contributed by atoms with Crippen LogP contribution in [0, 0.1) is 5.92 Å². The van der Waals surface area contributed by atoms with Crippen molar-refractivity contribution in [3.8, 4) is 0 Å². The molecule has 0 radical (unpaired) electrons. The second-order valence-electron chi connectivity index (χ2n) is 6.76. The molecule has 3 N–H and O–H groups in total. The van der Waals surface area contributed by atoms with E-state index in [9.17, 15) is 9.90 Å². The second-order valence-corrected chi connectivity index (χ2v) is 6.76. The Labute approximate surface area is 122 Å². The molecule has 20 heavy (non-hydrogen) atoms. The van der Waals surface area contributed by atoms with Gasteiger partial charge in [-0.3, -0.25) is 4.79 Å². The first kappa shape index (κ1) is 15.8. The summed E-state index contributed by atoms with van der Waals surface area (Å²) in [6, 6.07) is 0. The molecule has 4 nitrogen and oxygen atoms in total. The van der Waals surface area contributed by atoms with Crippen molar-refractivity contribution in [2.45, 2.75) is 75.9 Å². The van der Waals surface area contributed by atoms with Crippen molar-refractivity contribution in [2.75, 3.05) is 13.6 Å². The number of aliphatic hydroxyl groups is 1. The molecule has 1 amide bonds. The third-order valence-corrected chi connectivity index (χ3v) is 5.18. The summed E-state index contributed by atoms with van der Waals surface area (Å²) < 4.78 is 0. The molecule has 4 heteroatoms.